The number of ether oxygens (including phenoxy) is 13. The fourth-order valence-electron chi connectivity index (χ4n) is 14.9. The number of nitrogens with one attached hydrogen (secondary N) is 5. The zero-order valence-corrected chi connectivity index (χ0v) is 86.0. The van der Waals surface area contributed by atoms with Crippen LogP contribution in [0.15, 0.2) is 147 Å². The van der Waals surface area contributed by atoms with Gasteiger partial charge in [-0.05, 0) is 130 Å². The van der Waals surface area contributed by atoms with Crippen molar-refractivity contribution in [1.82, 2.24) is 64.8 Å². The van der Waals surface area contributed by atoms with Gasteiger partial charge in [0.1, 0.15) is 110 Å². The Balaban J connectivity index is 0.000000193. The van der Waals surface area contributed by atoms with E-state index >= 15 is 0 Å². The van der Waals surface area contributed by atoms with Gasteiger partial charge in [-0.1, -0.05) is 74.1 Å². The molecule has 0 amide bonds. The molecule has 148 heavy (non-hydrogen) atoms. The smallest absolute Gasteiger partial charge is 0.493 e. The van der Waals surface area contributed by atoms with Gasteiger partial charge in [0.2, 0.25) is 0 Å². The van der Waals surface area contributed by atoms with E-state index in [9.17, 15) is 49.1 Å². The zero-order chi connectivity index (χ0) is 105. The summed E-state index contributed by atoms with van der Waals surface area (Å²) in [5.74, 6) is 4.15. The fourth-order valence-corrected chi connectivity index (χ4v) is 16.1. The maximum absolute atomic E-state index is 13.6. The first-order valence-electron chi connectivity index (χ1n) is 47.0. The molecule has 3 atom stereocenters. The number of hydrogen-bond donors (Lipinski definition) is 7. The molecule has 0 bridgehead atoms. The number of nitrogens with zero attached hydrogens (tertiary/aromatic N) is 12. The van der Waals surface area contributed by atoms with Crippen molar-refractivity contribution in [2.75, 3.05) is 234 Å². The van der Waals surface area contributed by atoms with E-state index in [-0.39, 0.29) is 58.7 Å². The summed E-state index contributed by atoms with van der Waals surface area (Å²) in [5.41, 5.74) is 4.51. The number of β-amino-alcohol motifs (C(OH)–C–C–N with tert-alkyl or cyclic N) is 1. The van der Waals surface area contributed by atoms with E-state index in [4.69, 9.17) is 114 Å². The van der Waals surface area contributed by atoms with Crippen molar-refractivity contribution in [2.24, 2.45) is 5.73 Å². The number of ketones is 1. The van der Waals surface area contributed by atoms with Crippen molar-refractivity contribution in [3.63, 3.8) is 0 Å². The third kappa shape index (κ3) is 36.1. The van der Waals surface area contributed by atoms with Crippen molar-refractivity contribution in [1.29, 1.82) is 0 Å². The molecule has 12 aromatic rings. The lowest BCUT2D eigenvalue weighted by Gasteiger charge is -2.31. The second-order valence-electron chi connectivity index (χ2n) is 32.8. The van der Waals surface area contributed by atoms with Gasteiger partial charge in [0.05, 0.1) is 143 Å². The van der Waals surface area contributed by atoms with Gasteiger partial charge < -0.3 is 99.0 Å². The number of alkyl halides is 3. The van der Waals surface area contributed by atoms with Crippen LogP contribution in [0.4, 0.5) is 76.8 Å². The van der Waals surface area contributed by atoms with Crippen LogP contribution in [-0.2, 0) is 42.8 Å². The first-order chi connectivity index (χ1) is 70.9. The lowest BCUT2D eigenvalue weighted by Crippen LogP contribution is -2.48. The molecule has 3 unspecified atom stereocenters. The largest absolute Gasteiger partial charge is 0.523 e. The van der Waals surface area contributed by atoms with Crippen LogP contribution < -0.4 is 70.2 Å². The molecule has 4 aromatic heterocycles. The highest BCUT2D eigenvalue weighted by Crippen LogP contribution is 2.41. The van der Waals surface area contributed by atoms with Crippen LogP contribution >= 0.6 is 46.4 Å². The van der Waals surface area contributed by atoms with Gasteiger partial charge in [0.25, 0.3) is 0 Å². The van der Waals surface area contributed by atoms with Crippen molar-refractivity contribution >= 4 is 152 Å². The molecule has 4 aliphatic rings. The molecule has 4 aliphatic heterocycles. The van der Waals surface area contributed by atoms with Gasteiger partial charge in [0.15, 0.2) is 51.8 Å². The summed E-state index contributed by atoms with van der Waals surface area (Å²) in [4.78, 5) is 55.9. The van der Waals surface area contributed by atoms with Crippen LogP contribution in [0.25, 0.3) is 43.6 Å². The maximum atomic E-state index is 13.6. The van der Waals surface area contributed by atoms with E-state index in [1.807, 2.05) is 36.9 Å². The molecule has 36 nitrogen and oxygen atoms in total. The van der Waals surface area contributed by atoms with Crippen molar-refractivity contribution in [3.8, 4) is 46.0 Å². The Hall–Kier alpha value is -11.5. The number of morpholine rings is 4. The minimum absolute atomic E-state index is 0. The normalized spacial score (nSPS) is 14.7. The highest BCUT2D eigenvalue weighted by atomic mass is 35.5. The molecule has 4 fully saturated rings. The molecule has 8 aromatic carbocycles. The second kappa shape index (κ2) is 60.4. The second-order valence-corrected chi connectivity index (χ2v) is 36.1. The monoisotopic (exact) mass is 2170 g/mol. The molecule has 16 rings (SSSR count). The maximum Gasteiger partial charge on any atom is 0.523 e. The summed E-state index contributed by atoms with van der Waals surface area (Å²) < 4.78 is 185. The van der Waals surface area contributed by atoms with Gasteiger partial charge in [-0.3, -0.25) is 28.6 Å². The van der Waals surface area contributed by atoms with Gasteiger partial charge in [-0.2, -0.15) is 21.6 Å². The van der Waals surface area contributed by atoms with E-state index in [1.54, 1.807) is 75.9 Å². The van der Waals surface area contributed by atoms with Crippen molar-refractivity contribution < 1.29 is 115 Å². The number of halogens is 11. The number of aromatic nitrogens is 8. The molecule has 4 saturated heterocycles. The predicted molar refractivity (Wildman–Crippen MR) is 555 cm³/mol. The molecular formula is C100H123Cl4F7N18O18S. The van der Waals surface area contributed by atoms with Crippen LogP contribution in [-0.4, -0.2) is 315 Å². The number of rotatable bonds is 40. The molecule has 804 valence electrons. The summed E-state index contributed by atoms with van der Waals surface area (Å²) in [7, 11) is 0.908. The van der Waals surface area contributed by atoms with E-state index in [0.29, 0.717) is 184 Å². The van der Waals surface area contributed by atoms with Crippen LogP contribution in [0.5, 0.6) is 46.0 Å². The minimum Gasteiger partial charge on any atom is -0.493 e. The van der Waals surface area contributed by atoms with E-state index < -0.39 is 51.6 Å². The number of hydrogen-bond acceptors (Lipinski definition) is 36. The van der Waals surface area contributed by atoms with Crippen LogP contribution in [0, 0.1) is 23.3 Å². The summed E-state index contributed by atoms with van der Waals surface area (Å²) in [6, 6.07) is 31.9. The topological polar surface area (TPSA) is 403 Å². The summed E-state index contributed by atoms with van der Waals surface area (Å²) in [6.45, 7) is 24.5. The number of nitrogens with two attached hydrogens (primary N) is 1. The number of carbonyl (C=O) groups excluding carboxylic acids is 1. The number of Topliss-reactive ketones (excluding diaryl/α,β-unsaturated/α-hetero) is 1. The van der Waals surface area contributed by atoms with Gasteiger partial charge in [0, 0.05) is 147 Å². The summed E-state index contributed by atoms with van der Waals surface area (Å²) in [5, 5.41) is 29.5. The summed E-state index contributed by atoms with van der Waals surface area (Å²) in [6.07, 6.45) is 7.21. The highest BCUT2D eigenvalue weighted by molar-refractivity contribution is 7.87. The van der Waals surface area contributed by atoms with Crippen molar-refractivity contribution in [3.05, 3.63) is 190 Å². The van der Waals surface area contributed by atoms with E-state index in [2.05, 4.69) is 92.3 Å². The predicted octanol–water partition coefficient (Wildman–Crippen LogP) is 17.1. The fraction of sp³-hybridized carbons (Fsp3) is 0.430. The number of unbranched alkanes of at least 4 members (excludes halogenated alkanes) is 1. The Labute approximate surface area is 873 Å². The van der Waals surface area contributed by atoms with Gasteiger partial charge >= 0.3 is 15.6 Å². The standard InChI is InChI=1S/C26H33ClFN5O3.C24H28ClFN4O4.C22H24ClFN4O4.C22H22ClFN4O4.C3H5F3O3S.C2H7N.CH4/c1-3-4-7-29-19(15-33-8-10-35-11-9-33)16-36-25-13-20-23(14-24(25)34-2)30-17-31-26(20)32-18-5-6-22(28)21(27)12-18;1-3-33-17(13-30-6-8-32-9-7-30)14-34-23-11-18-21(12-22(23)31-2)27-15-28-24(18)29-16-4-5-20(26)19(25)10-16;2*1-30-20-10-19-16(9-21(20)32-12-15(29)11-28-4-6-31-7-5-28)22(26-13-25-19)27-14-2-3-18(24)17(23)8-14;1-2-9-10(7,8)3(4,5)6;1-2-3;/h5-6,12-14,17,19,29H,3-4,7-11,15-16H2,1-2H3,(H,30,31,32);4-5,10-12,15,17H,3,6-9,13-14H2,1-2H3,(H,27,28,29);2-3,8-10,13,15,29H,4-7,11-12H2,1H3,(H,25,26,27);2-3,8-10,13H,4-7,11-12H2,1H3,(H,25,26,27);2H2,1H3;2-3H2,1H3;1H4. The number of fused-ring (bicyclic) bond motifs is 4. The molecule has 0 spiro atoms. The molecule has 0 radical (unpaired) electrons. The number of methoxy groups -OCH3 is 4. The molecule has 8 N–H and O–H groups in total. The molecule has 0 saturated carbocycles. The average Bonchev–Trinajstić information content (AvgIpc) is 0.799. The van der Waals surface area contributed by atoms with Crippen LogP contribution in [0.2, 0.25) is 20.1 Å². The first kappa shape index (κ1) is 118. The van der Waals surface area contributed by atoms with Gasteiger partial charge in [-0.15, -0.1) is 0 Å². The van der Waals surface area contributed by atoms with E-state index in [0.717, 1.165) is 136 Å². The first-order valence-corrected chi connectivity index (χ1v) is 50.0. The Morgan fingerprint density at radius 1 is 0.439 bits per heavy atom. The number of benzene rings is 8. The third-order valence-electron chi connectivity index (χ3n) is 22.2. The lowest BCUT2D eigenvalue weighted by molar-refractivity contribution is -0.123. The number of aliphatic hydroxyl groups excluding tert-OH is 1. The minimum atomic E-state index is -5.35. The SMILES string of the molecule is C.CCCCNC(COc1cc2c(Nc3ccc(F)c(Cl)c3)ncnc2cc1OC)CN1CCOCC1.CCN.CCOC(COc1cc2c(Nc3ccc(F)c(Cl)c3)ncnc2cc1OC)CN1CCOCC1.CCOS(=O)(=O)C(F)(F)F.COc1cc2ncnc(Nc3ccc(F)c(Cl)c3)c2cc1OCC(=O)CN1CCOCC1.COc1cc2ncnc(Nc3ccc(F)c(Cl)c3)c2cc1OCC(O)CN1CCOCC1. The lowest BCUT2D eigenvalue weighted by atomic mass is 10.2. The number of carbonyl (C=O) groups is 1. The van der Waals surface area contributed by atoms with Crippen LogP contribution in [0.1, 0.15) is 48.0 Å². The molecular weight excluding hydrogens is 2050 g/mol. The Bertz CT molecular complexity index is 6350. The molecule has 48 heteroatoms. The zero-order valence-electron chi connectivity index (χ0n) is 82.2. The number of anilines is 8. The third-order valence-corrected chi connectivity index (χ3v) is 24.5. The molecule has 8 heterocycles. The van der Waals surface area contributed by atoms with Crippen molar-refractivity contribution in [2.45, 2.75) is 71.7 Å². The van der Waals surface area contributed by atoms with Gasteiger partial charge in [-0.25, -0.2) is 57.4 Å². The number of aliphatic hydroxyl groups is 1. The van der Waals surface area contributed by atoms with Crippen LogP contribution in [0.3, 0.4) is 0 Å². The Morgan fingerprint density at radius 2 is 0.757 bits per heavy atom. The summed E-state index contributed by atoms with van der Waals surface area (Å²) >= 11 is 23.6. The Kier molecular flexibility index (Phi) is 48.3. The Morgan fingerprint density at radius 3 is 1.07 bits per heavy atom. The highest BCUT2D eigenvalue weighted by Gasteiger charge is 2.47. The van der Waals surface area contributed by atoms with E-state index in [1.165, 1.54) is 81.0 Å². The quantitative estimate of drug-likeness (QED) is 0.00811. The molecule has 0 aliphatic carbocycles. The average molecular weight is 2170 g/mol.